The van der Waals surface area contributed by atoms with Crippen LogP contribution in [0.3, 0.4) is 0 Å². The molecule has 0 saturated carbocycles. The Morgan fingerprint density at radius 3 is 2.86 bits per heavy atom. The van der Waals surface area contributed by atoms with Gasteiger partial charge in [-0.2, -0.15) is 0 Å². The molecule has 7 heteroatoms. The lowest BCUT2D eigenvalue weighted by Crippen LogP contribution is -2.28. The van der Waals surface area contributed by atoms with E-state index in [1.807, 2.05) is 42.8 Å². The Balaban J connectivity index is 1.89. The van der Waals surface area contributed by atoms with Gasteiger partial charge < -0.3 is 13.9 Å². The fourth-order valence-corrected chi connectivity index (χ4v) is 2.24. The quantitative estimate of drug-likeness (QED) is 0.720. The van der Waals surface area contributed by atoms with Crippen LogP contribution in [-0.2, 0) is 13.6 Å². The molecule has 0 unspecified atom stereocenters. The van der Waals surface area contributed by atoms with Crippen LogP contribution >= 0.6 is 0 Å². The summed E-state index contributed by atoms with van der Waals surface area (Å²) in [6.45, 7) is 2.28. The topological polar surface area (TPSA) is 68.3 Å². The van der Waals surface area contributed by atoms with Gasteiger partial charge in [0.1, 0.15) is 17.7 Å². The van der Waals surface area contributed by atoms with Crippen molar-refractivity contribution in [2.24, 2.45) is 7.05 Å². The van der Waals surface area contributed by atoms with Gasteiger partial charge in [0.25, 0.3) is 5.91 Å². The molecule has 21 heavy (non-hydrogen) atoms. The predicted molar refractivity (Wildman–Crippen MR) is 76.7 cm³/mol. The fraction of sp³-hybridized carbons (Fsp3) is 0.286. The molecule has 0 aliphatic heterocycles. The number of nitrogens with zero attached hydrogens (tertiary/aromatic N) is 6. The van der Waals surface area contributed by atoms with Gasteiger partial charge in [0.2, 0.25) is 0 Å². The van der Waals surface area contributed by atoms with Crippen LogP contribution in [0, 0.1) is 6.92 Å². The summed E-state index contributed by atoms with van der Waals surface area (Å²) in [5.41, 5.74) is 2.07. The standard InChI is InChI=1S/C14H16N6O/c1-10-13(16-11-6-4-5-7-20(10)11)14(21)18(2)8-12-17-15-9-19(12)3/h4-7,9H,8H2,1-3H3. The molecule has 3 aromatic heterocycles. The lowest BCUT2D eigenvalue weighted by molar-refractivity contribution is 0.0774. The maximum atomic E-state index is 12.6. The summed E-state index contributed by atoms with van der Waals surface area (Å²) in [7, 11) is 3.59. The van der Waals surface area contributed by atoms with E-state index in [4.69, 9.17) is 0 Å². The molecule has 0 aromatic carbocycles. The number of aryl methyl sites for hydroxylation is 2. The molecular formula is C14H16N6O. The molecule has 0 aliphatic rings. The number of carbonyl (C=O) groups is 1. The van der Waals surface area contributed by atoms with Crippen molar-refractivity contribution >= 4 is 11.6 Å². The van der Waals surface area contributed by atoms with Crippen molar-refractivity contribution in [3.8, 4) is 0 Å². The Kier molecular flexibility index (Phi) is 3.17. The minimum atomic E-state index is -0.126. The average molecular weight is 284 g/mol. The number of fused-ring (bicyclic) bond motifs is 1. The average Bonchev–Trinajstić information content (AvgIpc) is 3.03. The molecular weight excluding hydrogens is 268 g/mol. The Hall–Kier alpha value is -2.70. The molecule has 3 heterocycles. The first-order valence-corrected chi connectivity index (χ1v) is 6.60. The first-order chi connectivity index (χ1) is 10.1. The number of amides is 1. The SMILES string of the molecule is Cc1c(C(=O)N(C)Cc2nncn2C)nc2ccccn12. The summed E-state index contributed by atoms with van der Waals surface area (Å²) in [6.07, 6.45) is 3.51. The van der Waals surface area contributed by atoms with E-state index in [0.29, 0.717) is 12.2 Å². The van der Waals surface area contributed by atoms with Crippen LogP contribution in [0.15, 0.2) is 30.7 Å². The molecule has 0 fully saturated rings. The third-order valence-corrected chi connectivity index (χ3v) is 3.50. The second-order valence-corrected chi connectivity index (χ2v) is 4.99. The molecule has 7 nitrogen and oxygen atoms in total. The van der Waals surface area contributed by atoms with Crippen LogP contribution in [-0.4, -0.2) is 42.0 Å². The van der Waals surface area contributed by atoms with Crippen molar-refractivity contribution in [2.75, 3.05) is 7.05 Å². The monoisotopic (exact) mass is 284 g/mol. The Labute approximate surface area is 121 Å². The van der Waals surface area contributed by atoms with Crippen LogP contribution < -0.4 is 0 Å². The van der Waals surface area contributed by atoms with E-state index in [1.165, 1.54) is 0 Å². The normalized spacial score (nSPS) is 11.0. The molecule has 1 amide bonds. The highest BCUT2D eigenvalue weighted by Crippen LogP contribution is 2.14. The molecule has 3 aromatic rings. The van der Waals surface area contributed by atoms with Gasteiger partial charge in [0, 0.05) is 20.3 Å². The van der Waals surface area contributed by atoms with Crippen LogP contribution in [0.1, 0.15) is 22.0 Å². The lowest BCUT2D eigenvalue weighted by Gasteiger charge is -2.15. The summed E-state index contributed by atoms with van der Waals surface area (Å²) in [6, 6.07) is 5.70. The number of hydrogen-bond donors (Lipinski definition) is 0. The van der Waals surface area contributed by atoms with Gasteiger partial charge in [-0.1, -0.05) is 6.07 Å². The van der Waals surface area contributed by atoms with Crippen molar-refractivity contribution in [3.63, 3.8) is 0 Å². The zero-order chi connectivity index (χ0) is 15.0. The Morgan fingerprint density at radius 2 is 2.19 bits per heavy atom. The van der Waals surface area contributed by atoms with Gasteiger partial charge in [-0.15, -0.1) is 10.2 Å². The van der Waals surface area contributed by atoms with Crippen molar-refractivity contribution < 1.29 is 4.79 Å². The van der Waals surface area contributed by atoms with Gasteiger partial charge in [-0.3, -0.25) is 4.79 Å². The van der Waals surface area contributed by atoms with Crippen LogP contribution in [0.2, 0.25) is 0 Å². The van der Waals surface area contributed by atoms with E-state index in [0.717, 1.165) is 17.2 Å². The Morgan fingerprint density at radius 1 is 1.38 bits per heavy atom. The van der Waals surface area contributed by atoms with E-state index >= 15 is 0 Å². The smallest absolute Gasteiger partial charge is 0.274 e. The first kappa shape index (κ1) is 13.3. The summed E-state index contributed by atoms with van der Waals surface area (Å²) in [5, 5.41) is 7.80. The van der Waals surface area contributed by atoms with Crippen molar-refractivity contribution in [3.05, 3.63) is 47.9 Å². The molecule has 0 saturated heterocycles. The van der Waals surface area contributed by atoms with Gasteiger partial charge in [0.15, 0.2) is 5.82 Å². The summed E-state index contributed by atoms with van der Waals surface area (Å²) >= 11 is 0. The highest BCUT2D eigenvalue weighted by molar-refractivity contribution is 5.94. The van der Waals surface area contributed by atoms with Gasteiger partial charge >= 0.3 is 0 Å². The minimum Gasteiger partial charge on any atom is -0.333 e. The van der Waals surface area contributed by atoms with Gasteiger partial charge in [-0.25, -0.2) is 4.98 Å². The number of aromatic nitrogens is 5. The number of carbonyl (C=O) groups excluding carboxylic acids is 1. The molecule has 108 valence electrons. The van der Waals surface area contributed by atoms with E-state index in [1.54, 1.807) is 22.8 Å². The number of rotatable bonds is 3. The van der Waals surface area contributed by atoms with E-state index in [9.17, 15) is 4.79 Å². The maximum Gasteiger partial charge on any atom is 0.274 e. The third-order valence-electron chi connectivity index (χ3n) is 3.50. The Bertz CT molecular complexity index is 803. The van der Waals surface area contributed by atoms with Crippen molar-refractivity contribution in [1.82, 2.24) is 29.0 Å². The predicted octanol–water partition coefficient (Wildman–Crippen LogP) is 1.04. The summed E-state index contributed by atoms with van der Waals surface area (Å²) in [5.74, 6) is 0.603. The highest BCUT2D eigenvalue weighted by Gasteiger charge is 2.20. The largest absolute Gasteiger partial charge is 0.333 e. The van der Waals surface area contributed by atoms with E-state index < -0.39 is 0 Å². The minimum absolute atomic E-state index is 0.126. The van der Waals surface area contributed by atoms with Crippen molar-refractivity contribution in [2.45, 2.75) is 13.5 Å². The third kappa shape index (κ3) is 2.26. The van der Waals surface area contributed by atoms with Gasteiger partial charge in [0.05, 0.1) is 12.2 Å². The van der Waals surface area contributed by atoms with Crippen LogP contribution in [0.5, 0.6) is 0 Å². The van der Waals surface area contributed by atoms with Crippen LogP contribution in [0.25, 0.3) is 5.65 Å². The lowest BCUT2D eigenvalue weighted by atomic mass is 10.3. The second kappa shape index (κ2) is 5.01. The first-order valence-electron chi connectivity index (χ1n) is 6.60. The number of pyridine rings is 1. The molecule has 0 spiro atoms. The molecule has 0 radical (unpaired) electrons. The fourth-order valence-electron chi connectivity index (χ4n) is 2.24. The van der Waals surface area contributed by atoms with Crippen molar-refractivity contribution in [1.29, 1.82) is 0 Å². The van der Waals surface area contributed by atoms with Gasteiger partial charge in [-0.05, 0) is 19.1 Å². The number of imidazole rings is 1. The zero-order valence-electron chi connectivity index (χ0n) is 12.2. The summed E-state index contributed by atoms with van der Waals surface area (Å²) < 4.78 is 3.70. The molecule has 0 atom stereocenters. The molecule has 0 N–H and O–H groups in total. The molecule has 0 aliphatic carbocycles. The highest BCUT2D eigenvalue weighted by atomic mass is 16.2. The number of hydrogen-bond acceptors (Lipinski definition) is 4. The zero-order valence-corrected chi connectivity index (χ0v) is 12.2. The van der Waals surface area contributed by atoms with E-state index in [-0.39, 0.29) is 5.91 Å². The summed E-state index contributed by atoms with van der Waals surface area (Å²) in [4.78, 5) is 18.6. The molecule has 0 bridgehead atoms. The maximum absolute atomic E-state index is 12.6. The second-order valence-electron chi connectivity index (χ2n) is 4.99. The van der Waals surface area contributed by atoms with Crippen LogP contribution in [0.4, 0.5) is 0 Å². The van der Waals surface area contributed by atoms with E-state index in [2.05, 4.69) is 15.2 Å². The molecule has 3 rings (SSSR count).